The Hall–Kier alpha value is -0.450. The Labute approximate surface area is 162 Å². The zero-order valence-corrected chi connectivity index (χ0v) is 17.9. The van der Waals surface area contributed by atoms with Gasteiger partial charge in [-0.25, -0.2) is 0 Å². The predicted molar refractivity (Wildman–Crippen MR) is 108 cm³/mol. The summed E-state index contributed by atoms with van der Waals surface area (Å²) >= 11 is 0. The molecule has 0 aliphatic heterocycles. The van der Waals surface area contributed by atoms with Gasteiger partial charge in [-0.05, 0) is 6.42 Å². The lowest BCUT2D eigenvalue weighted by Crippen LogP contribution is -2.44. The minimum absolute atomic E-state index is 0.389. The molecule has 0 heterocycles. The lowest BCUT2D eigenvalue weighted by atomic mass is 9.98. The van der Waals surface area contributed by atoms with Gasteiger partial charge in [0.25, 0.3) is 5.97 Å². The van der Waals surface area contributed by atoms with Crippen molar-refractivity contribution in [1.82, 2.24) is 0 Å². The monoisotopic (exact) mass is 372 g/mol. The molecular weight excluding hydrogens is 328 g/mol. The Bertz CT molecular complexity index is 294. The molecule has 0 saturated heterocycles. The smallest absolute Gasteiger partial charge is 0.292 e. The molecule has 156 valence electrons. The Kier molecular flexibility index (Phi) is 17.6. The van der Waals surface area contributed by atoms with Gasteiger partial charge in [0.15, 0.2) is 0 Å². The van der Waals surface area contributed by atoms with E-state index >= 15 is 0 Å². The van der Waals surface area contributed by atoms with Crippen molar-refractivity contribution in [3.63, 3.8) is 0 Å². The minimum Gasteiger partial charge on any atom is -0.330 e. The van der Waals surface area contributed by atoms with E-state index in [4.69, 9.17) is 14.2 Å². The first kappa shape index (κ1) is 25.6. The van der Waals surface area contributed by atoms with Gasteiger partial charge in [0.05, 0.1) is 5.92 Å². The molecule has 0 N–H and O–H groups in total. The van der Waals surface area contributed by atoms with Crippen molar-refractivity contribution in [2.75, 3.05) is 21.3 Å². The fourth-order valence-corrected chi connectivity index (χ4v) is 3.59. The molecule has 0 amide bonds. The summed E-state index contributed by atoms with van der Waals surface area (Å²) in [6, 6.07) is 0. The zero-order chi connectivity index (χ0) is 19.5. The molecule has 0 aliphatic carbocycles. The summed E-state index contributed by atoms with van der Waals surface area (Å²) in [4.78, 5) is 11.4. The quantitative estimate of drug-likeness (QED) is 0.144. The number of ether oxygens (including phenoxy) is 3. The van der Waals surface area contributed by atoms with Crippen LogP contribution < -0.4 is 0 Å². The van der Waals surface area contributed by atoms with Gasteiger partial charge in [0.1, 0.15) is 6.29 Å². The summed E-state index contributed by atoms with van der Waals surface area (Å²) < 4.78 is 15.8. The van der Waals surface area contributed by atoms with E-state index in [1.54, 1.807) is 0 Å². The van der Waals surface area contributed by atoms with Crippen LogP contribution in [0.5, 0.6) is 0 Å². The standard InChI is InChI=1S/C22H44O4/c1-5-6-7-8-9-10-11-12-13-14-15-16-17-18-19-21(20-23)22(24-2,25-3)26-4/h20-21H,5-19H2,1-4H3. The van der Waals surface area contributed by atoms with Gasteiger partial charge in [0.2, 0.25) is 0 Å². The van der Waals surface area contributed by atoms with E-state index in [1.165, 1.54) is 98.4 Å². The first-order chi connectivity index (χ1) is 12.7. The number of methoxy groups -OCH3 is 3. The topological polar surface area (TPSA) is 44.8 Å². The van der Waals surface area contributed by atoms with Crippen LogP contribution in [0.15, 0.2) is 0 Å². The molecule has 0 spiro atoms. The molecule has 0 saturated carbocycles. The highest BCUT2D eigenvalue weighted by Gasteiger charge is 2.39. The van der Waals surface area contributed by atoms with Crippen LogP contribution in [0, 0.1) is 5.92 Å². The molecule has 26 heavy (non-hydrogen) atoms. The summed E-state index contributed by atoms with van der Waals surface area (Å²) in [7, 11) is 4.53. The third-order valence-electron chi connectivity index (χ3n) is 5.34. The highest BCUT2D eigenvalue weighted by Crippen LogP contribution is 2.27. The van der Waals surface area contributed by atoms with Gasteiger partial charge >= 0.3 is 0 Å². The summed E-state index contributed by atoms with van der Waals surface area (Å²) in [5.41, 5.74) is 0. The van der Waals surface area contributed by atoms with E-state index in [0.717, 1.165) is 25.5 Å². The highest BCUT2D eigenvalue weighted by molar-refractivity contribution is 5.54. The largest absolute Gasteiger partial charge is 0.330 e. The lowest BCUT2D eigenvalue weighted by Gasteiger charge is -2.33. The number of hydrogen-bond donors (Lipinski definition) is 0. The third kappa shape index (κ3) is 11.3. The predicted octanol–water partition coefficient (Wildman–Crippen LogP) is 6.27. The molecule has 4 nitrogen and oxygen atoms in total. The maximum Gasteiger partial charge on any atom is 0.292 e. The average molecular weight is 373 g/mol. The van der Waals surface area contributed by atoms with Crippen molar-refractivity contribution in [3.8, 4) is 0 Å². The lowest BCUT2D eigenvalue weighted by molar-refractivity contribution is -0.371. The van der Waals surface area contributed by atoms with Crippen LogP contribution in [0.4, 0.5) is 0 Å². The zero-order valence-electron chi connectivity index (χ0n) is 17.9. The van der Waals surface area contributed by atoms with Crippen LogP contribution in [0.25, 0.3) is 0 Å². The summed E-state index contributed by atoms with van der Waals surface area (Å²) in [5, 5.41) is 0. The number of carbonyl (C=O) groups is 1. The number of carbonyl (C=O) groups excluding carboxylic acids is 1. The van der Waals surface area contributed by atoms with E-state index < -0.39 is 5.97 Å². The van der Waals surface area contributed by atoms with Crippen molar-refractivity contribution in [2.45, 2.75) is 109 Å². The third-order valence-corrected chi connectivity index (χ3v) is 5.34. The SMILES string of the molecule is CCCCCCCCCCCCCCCCC(C=O)C(OC)(OC)OC. The van der Waals surface area contributed by atoms with E-state index in [-0.39, 0.29) is 5.92 Å². The molecule has 0 aromatic carbocycles. The normalized spacial score (nSPS) is 13.1. The van der Waals surface area contributed by atoms with Gasteiger partial charge in [0, 0.05) is 21.3 Å². The first-order valence-corrected chi connectivity index (χ1v) is 10.8. The van der Waals surface area contributed by atoms with Crippen LogP contribution in [0.3, 0.4) is 0 Å². The molecule has 0 aromatic heterocycles. The van der Waals surface area contributed by atoms with Gasteiger partial charge < -0.3 is 19.0 Å². The second-order valence-corrected chi connectivity index (χ2v) is 7.34. The molecule has 0 radical (unpaired) electrons. The average Bonchev–Trinajstić information content (AvgIpc) is 2.68. The van der Waals surface area contributed by atoms with Gasteiger partial charge in [-0.1, -0.05) is 96.8 Å². The fourth-order valence-electron chi connectivity index (χ4n) is 3.59. The van der Waals surface area contributed by atoms with Crippen LogP contribution >= 0.6 is 0 Å². The second kappa shape index (κ2) is 17.9. The van der Waals surface area contributed by atoms with E-state index in [2.05, 4.69) is 6.92 Å². The van der Waals surface area contributed by atoms with Crippen LogP contribution in [-0.2, 0) is 19.0 Å². The number of aldehydes is 1. The van der Waals surface area contributed by atoms with E-state index in [0.29, 0.717) is 0 Å². The molecule has 0 fully saturated rings. The molecule has 0 rings (SSSR count). The molecule has 0 aliphatic rings. The van der Waals surface area contributed by atoms with Crippen molar-refractivity contribution in [2.24, 2.45) is 5.92 Å². The van der Waals surface area contributed by atoms with E-state index in [1.807, 2.05) is 0 Å². The fraction of sp³-hybridized carbons (Fsp3) is 0.955. The Morgan fingerprint density at radius 1 is 0.654 bits per heavy atom. The number of rotatable bonds is 20. The Morgan fingerprint density at radius 3 is 1.31 bits per heavy atom. The summed E-state index contributed by atoms with van der Waals surface area (Å²) in [6.45, 7) is 2.27. The van der Waals surface area contributed by atoms with Crippen molar-refractivity contribution in [3.05, 3.63) is 0 Å². The second-order valence-electron chi connectivity index (χ2n) is 7.34. The molecule has 1 unspecified atom stereocenters. The van der Waals surface area contributed by atoms with Crippen LogP contribution in [0.2, 0.25) is 0 Å². The van der Waals surface area contributed by atoms with Crippen LogP contribution in [0.1, 0.15) is 103 Å². The van der Waals surface area contributed by atoms with Crippen molar-refractivity contribution >= 4 is 6.29 Å². The molecule has 4 heteroatoms. The molecule has 0 bridgehead atoms. The molecule has 1 atom stereocenters. The summed E-state index contributed by atoms with van der Waals surface area (Å²) in [6.07, 6.45) is 20.2. The number of hydrogen-bond acceptors (Lipinski definition) is 4. The van der Waals surface area contributed by atoms with Gasteiger partial charge in [-0.3, -0.25) is 0 Å². The minimum atomic E-state index is -1.24. The van der Waals surface area contributed by atoms with E-state index in [9.17, 15) is 4.79 Å². The highest BCUT2D eigenvalue weighted by atomic mass is 16.9. The molecule has 0 aromatic rings. The molecular formula is C22H44O4. The van der Waals surface area contributed by atoms with Crippen molar-refractivity contribution in [1.29, 1.82) is 0 Å². The summed E-state index contributed by atoms with van der Waals surface area (Å²) in [5.74, 6) is -1.63. The number of unbranched alkanes of at least 4 members (excludes halogenated alkanes) is 13. The maximum absolute atomic E-state index is 11.4. The van der Waals surface area contributed by atoms with Crippen LogP contribution in [-0.4, -0.2) is 33.6 Å². The van der Waals surface area contributed by atoms with Gasteiger partial charge in [-0.15, -0.1) is 0 Å². The maximum atomic E-state index is 11.4. The first-order valence-electron chi connectivity index (χ1n) is 10.8. The Balaban J connectivity index is 3.53. The van der Waals surface area contributed by atoms with Gasteiger partial charge in [-0.2, -0.15) is 0 Å². The van der Waals surface area contributed by atoms with Crippen molar-refractivity contribution < 1.29 is 19.0 Å². The Morgan fingerprint density at radius 2 is 1.00 bits per heavy atom.